The Balaban J connectivity index is 1.56. The number of carbonyl (C=O) groups is 2. The first-order valence-electron chi connectivity index (χ1n) is 9.46. The second kappa shape index (κ2) is 8.09. The number of benzene rings is 1. The number of amides is 2. The molecule has 1 aromatic carbocycles. The summed E-state index contributed by atoms with van der Waals surface area (Å²) in [7, 11) is 0. The molecule has 6 nitrogen and oxygen atoms in total. The lowest BCUT2D eigenvalue weighted by molar-refractivity contribution is -0.117. The van der Waals surface area contributed by atoms with Crippen LogP contribution in [0.4, 0.5) is 16.2 Å². The average molecular weight is 438 g/mol. The van der Waals surface area contributed by atoms with Gasteiger partial charge in [-0.05, 0) is 51.0 Å². The third-order valence-corrected chi connectivity index (χ3v) is 5.80. The number of hydrogen-bond donors (Lipinski definition) is 0. The summed E-state index contributed by atoms with van der Waals surface area (Å²) in [6.07, 6.45) is 0.367. The Bertz CT molecular complexity index is 679. The number of halogens is 1. The Morgan fingerprint density at radius 1 is 1.11 bits per heavy atom. The minimum absolute atomic E-state index is 0.193. The van der Waals surface area contributed by atoms with E-state index < -0.39 is 5.60 Å². The Kier molecular flexibility index (Phi) is 5.99. The van der Waals surface area contributed by atoms with Crippen LogP contribution in [0.2, 0.25) is 0 Å². The fourth-order valence-electron chi connectivity index (χ4n) is 3.45. The molecule has 0 aliphatic carbocycles. The van der Waals surface area contributed by atoms with Crippen LogP contribution in [0.1, 0.15) is 27.2 Å². The maximum Gasteiger partial charge on any atom is 0.410 e. The summed E-state index contributed by atoms with van der Waals surface area (Å²) >= 11 is 3.48. The molecule has 3 rings (SSSR count). The second-order valence-electron chi connectivity index (χ2n) is 8.20. The van der Waals surface area contributed by atoms with Crippen molar-refractivity contribution >= 4 is 39.3 Å². The average Bonchev–Trinajstić information content (AvgIpc) is 3.01. The van der Waals surface area contributed by atoms with E-state index in [0.717, 1.165) is 36.3 Å². The largest absolute Gasteiger partial charge is 0.444 e. The van der Waals surface area contributed by atoms with Gasteiger partial charge in [0.05, 0.1) is 0 Å². The van der Waals surface area contributed by atoms with Crippen molar-refractivity contribution in [2.75, 3.05) is 47.9 Å². The Labute approximate surface area is 169 Å². The summed E-state index contributed by atoms with van der Waals surface area (Å²) in [6, 6.07) is 8.16. The molecule has 2 aliphatic rings. The lowest BCUT2D eigenvalue weighted by Gasteiger charge is -2.36. The highest BCUT2D eigenvalue weighted by molar-refractivity contribution is 9.09. The number of rotatable bonds is 3. The highest BCUT2D eigenvalue weighted by atomic mass is 79.9. The van der Waals surface area contributed by atoms with Crippen molar-refractivity contribution in [3.05, 3.63) is 24.3 Å². The van der Waals surface area contributed by atoms with Gasteiger partial charge in [-0.3, -0.25) is 4.79 Å². The summed E-state index contributed by atoms with van der Waals surface area (Å²) in [5, 5.41) is 0.856. The van der Waals surface area contributed by atoms with Crippen LogP contribution in [-0.2, 0) is 9.53 Å². The van der Waals surface area contributed by atoms with Gasteiger partial charge in [-0.1, -0.05) is 15.9 Å². The van der Waals surface area contributed by atoms with E-state index in [1.54, 1.807) is 4.90 Å². The molecular weight excluding hydrogens is 410 g/mol. The van der Waals surface area contributed by atoms with Gasteiger partial charge in [0, 0.05) is 55.8 Å². The SMILES string of the molecule is CC(C)(C)OC(=O)N1CCN(c2ccc(N3CC(CBr)CC3=O)cc2)CC1. The number of nitrogens with zero attached hydrogens (tertiary/aromatic N) is 3. The van der Waals surface area contributed by atoms with E-state index in [4.69, 9.17) is 4.74 Å². The fourth-order valence-corrected chi connectivity index (χ4v) is 3.89. The van der Waals surface area contributed by atoms with E-state index in [1.807, 2.05) is 37.8 Å². The van der Waals surface area contributed by atoms with Crippen molar-refractivity contribution in [1.29, 1.82) is 0 Å². The fraction of sp³-hybridized carbons (Fsp3) is 0.600. The summed E-state index contributed by atoms with van der Waals surface area (Å²) in [5.74, 6) is 0.580. The maximum atomic E-state index is 12.2. The topological polar surface area (TPSA) is 53.1 Å². The second-order valence-corrected chi connectivity index (χ2v) is 8.85. The first-order valence-corrected chi connectivity index (χ1v) is 10.6. The molecule has 2 heterocycles. The first kappa shape index (κ1) is 20.0. The molecule has 2 aliphatic heterocycles. The molecule has 1 unspecified atom stereocenters. The van der Waals surface area contributed by atoms with Gasteiger partial charge in [0.15, 0.2) is 0 Å². The quantitative estimate of drug-likeness (QED) is 0.679. The van der Waals surface area contributed by atoms with E-state index in [-0.39, 0.29) is 12.0 Å². The number of ether oxygens (including phenoxy) is 1. The van der Waals surface area contributed by atoms with Crippen LogP contribution in [0, 0.1) is 5.92 Å². The molecule has 1 aromatic rings. The molecule has 7 heteroatoms. The van der Waals surface area contributed by atoms with Crippen LogP contribution in [0.15, 0.2) is 24.3 Å². The minimum atomic E-state index is -0.467. The predicted octanol–water partition coefficient (Wildman–Crippen LogP) is 3.49. The molecule has 1 atom stereocenters. The standard InChI is InChI=1S/C20H28BrN3O3/c1-20(2,3)27-19(26)23-10-8-22(9-11-23)16-4-6-17(7-5-16)24-14-15(13-21)12-18(24)25/h4-7,15H,8-14H2,1-3H3. The summed E-state index contributed by atoms with van der Waals surface area (Å²) in [6.45, 7) is 9.26. The van der Waals surface area contributed by atoms with Crippen molar-refractivity contribution in [3.63, 3.8) is 0 Å². The Hall–Kier alpha value is -1.76. The molecule has 2 saturated heterocycles. The Morgan fingerprint density at radius 2 is 1.70 bits per heavy atom. The number of alkyl halides is 1. The molecule has 0 saturated carbocycles. The van der Waals surface area contributed by atoms with Gasteiger partial charge >= 0.3 is 6.09 Å². The van der Waals surface area contributed by atoms with Gasteiger partial charge in [0.1, 0.15) is 5.60 Å². The highest BCUT2D eigenvalue weighted by Gasteiger charge is 2.30. The normalized spacial score (nSPS) is 21.0. The summed E-state index contributed by atoms with van der Waals surface area (Å²) in [5.41, 5.74) is 1.61. The van der Waals surface area contributed by atoms with E-state index in [2.05, 4.69) is 33.0 Å². The zero-order valence-electron chi connectivity index (χ0n) is 16.3. The van der Waals surface area contributed by atoms with E-state index in [9.17, 15) is 9.59 Å². The minimum Gasteiger partial charge on any atom is -0.444 e. The molecule has 27 heavy (non-hydrogen) atoms. The lowest BCUT2D eigenvalue weighted by Crippen LogP contribution is -2.50. The zero-order valence-corrected chi connectivity index (χ0v) is 17.9. The van der Waals surface area contributed by atoms with Crippen molar-refractivity contribution in [2.24, 2.45) is 5.92 Å². The van der Waals surface area contributed by atoms with Crippen LogP contribution < -0.4 is 9.80 Å². The Morgan fingerprint density at radius 3 is 2.22 bits per heavy atom. The van der Waals surface area contributed by atoms with Crippen molar-refractivity contribution in [2.45, 2.75) is 32.8 Å². The van der Waals surface area contributed by atoms with Gasteiger partial charge < -0.3 is 19.4 Å². The third-order valence-electron chi connectivity index (χ3n) is 4.88. The molecule has 0 radical (unpaired) electrons. The molecular formula is C20H28BrN3O3. The lowest BCUT2D eigenvalue weighted by atomic mass is 10.2. The molecule has 2 amide bonds. The molecule has 0 bridgehead atoms. The van der Waals surface area contributed by atoms with Crippen LogP contribution in [-0.4, -0.2) is 60.6 Å². The summed E-state index contributed by atoms with van der Waals surface area (Å²) < 4.78 is 5.45. The van der Waals surface area contributed by atoms with Crippen molar-refractivity contribution in [3.8, 4) is 0 Å². The van der Waals surface area contributed by atoms with Gasteiger partial charge in [-0.2, -0.15) is 0 Å². The van der Waals surface area contributed by atoms with Gasteiger partial charge in [0.25, 0.3) is 0 Å². The maximum absolute atomic E-state index is 12.2. The van der Waals surface area contributed by atoms with Crippen molar-refractivity contribution in [1.82, 2.24) is 4.90 Å². The zero-order chi connectivity index (χ0) is 19.6. The van der Waals surface area contributed by atoms with Gasteiger partial charge in [-0.15, -0.1) is 0 Å². The smallest absolute Gasteiger partial charge is 0.410 e. The molecule has 0 spiro atoms. The molecule has 0 aromatic heterocycles. The molecule has 2 fully saturated rings. The van der Waals surface area contributed by atoms with E-state index in [1.165, 1.54) is 0 Å². The summed E-state index contributed by atoms with van der Waals surface area (Å²) in [4.78, 5) is 30.2. The van der Waals surface area contributed by atoms with Crippen LogP contribution in [0.3, 0.4) is 0 Å². The molecule has 148 valence electrons. The third kappa shape index (κ3) is 4.94. The first-order chi connectivity index (χ1) is 12.8. The monoisotopic (exact) mass is 437 g/mol. The number of hydrogen-bond acceptors (Lipinski definition) is 4. The number of piperazine rings is 1. The molecule has 0 N–H and O–H groups in total. The van der Waals surface area contributed by atoms with Crippen LogP contribution >= 0.6 is 15.9 Å². The number of anilines is 2. The van der Waals surface area contributed by atoms with Gasteiger partial charge in [-0.25, -0.2) is 4.79 Å². The van der Waals surface area contributed by atoms with Crippen LogP contribution in [0.5, 0.6) is 0 Å². The van der Waals surface area contributed by atoms with Crippen molar-refractivity contribution < 1.29 is 14.3 Å². The van der Waals surface area contributed by atoms with Crippen LogP contribution in [0.25, 0.3) is 0 Å². The highest BCUT2D eigenvalue weighted by Crippen LogP contribution is 2.28. The number of carbonyl (C=O) groups excluding carboxylic acids is 2. The van der Waals surface area contributed by atoms with E-state index in [0.29, 0.717) is 25.4 Å². The predicted molar refractivity (Wildman–Crippen MR) is 111 cm³/mol. The van der Waals surface area contributed by atoms with E-state index >= 15 is 0 Å². The van der Waals surface area contributed by atoms with Gasteiger partial charge in [0.2, 0.25) is 5.91 Å².